The quantitative estimate of drug-likeness (QED) is 0.255. The summed E-state index contributed by atoms with van der Waals surface area (Å²) in [7, 11) is 3.78. The van der Waals surface area contributed by atoms with Gasteiger partial charge < -0.3 is 48.6 Å². The summed E-state index contributed by atoms with van der Waals surface area (Å²) in [5.74, 6) is -4.90. The highest BCUT2D eigenvalue weighted by Crippen LogP contribution is 2.46. The van der Waals surface area contributed by atoms with Gasteiger partial charge in [0, 0.05) is 36.3 Å². The largest absolute Gasteiger partial charge is 0.458 e. The zero-order valence-electron chi connectivity index (χ0n) is 38.0. The molecule has 14 atom stereocenters. The van der Waals surface area contributed by atoms with Crippen LogP contribution in [0.2, 0.25) is 0 Å². The van der Waals surface area contributed by atoms with Crippen molar-refractivity contribution in [2.24, 2.45) is 34.7 Å². The van der Waals surface area contributed by atoms with Crippen molar-refractivity contribution in [1.29, 1.82) is 0 Å². The van der Waals surface area contributed by atoms with E-state index in [2.05, 4.69) is 10.5 Å². The highest BCUT2D eigenvalue weighted by molar-refractivity contribution is 5.88. The molecule has 4 aliphatic rings. The lowest BCUT2D eigenvalue weighted by atomic mass is 9.70. The van der Waals surface area contributed by atoms with Gasteiger partial charge in [0.05, 0.1) is 49.5 Å². The molecule has 342 valence electrons. The van der Waals surface area contributed by atoms with Crippen LogP contribution in [0.3, 0.4) is 0 Å². The molecule has 6 rings (SSSR count). The Morgan fingerprint density at radius 2 is 1.73 bits per heavy atom. The summed E-state index contributed by atoms with van der Waals surface area (Å²) in [6.45, 7) is 14.2. The molecule has 4 fully saturated rings. The fraction of sp³-hybridized carbons (Fsp3) is 0.681. The van der Waals surface area contributed by atoms with E-state index in [1.54, 1.807) is 20.8 Å². The van der Waals surface area contributed by atoms with Crippen molar-refractivity contribution in [1.82, 2.24) is 10.2 Å². The minimum Gasteiger partial charge on any atom is -0.458 e. The van der Waals surface area contributed by atoms with E-state index >= 15 is 0 Å². The SMILES string of the molecule is CC[C@H]1OC(=O)[C@H](C)[C@H]2OC/C(=N/OCC(=O)NCc3cccc4ccccc34)CO[C@](C)(C[C@@H](C)C(=O)[C@H](C)[C@@H]3CC(=O)O[C@]13C)[C@H](O[C@@H]1O[C@H](C)C[C@H](N(C)C)[C@H]1O)[C@H]2C. The van der Waals surface area contributed by atoms with E-state index in [0.717, 1.165) is 16.3 Å². The molecule has 62 heavy (non-hydrogen) atoms. The highest BCUT2D eigenvalue weighted by Gasteiger charge is 2.57. The number of rotatable bonds is 9. The highest BCUT2D eigenvalue weighted by atomic mass is 16.7. The van der Waals surface area contributed by atoms with Gasteiger partial charge in [-0.2, -0.15) is 0 Å². The van der Waals surface area contributed by atoms with Gasteiger partial charge in [-0.05, 0) is 77.4 Å². The number of fused-ring (bicyclic) bond motifs is 5. The Labute approximate surface area is 365 Å². The smallest absolute Gasteiger partial charge is 0.311 e. The number of aliphatic hydroxyl groups is 1. The van der Waals surface area contributed by atoms with Gasteiger partial charge in [0.2, 0.25) is 0 Å². The number of carbonyl (C=O) groups excluding carboxylic acids is 4. The number of oxime groups is 1. The molecule has 2 bridgehead atoms. The summed E-state index contributed by atoms with van der Waals surface area (Å²) in [4.78, 5) is 62.5. The van der Waals surface area contributed by atoms with E-state index in [0.29, 0.717) is 25.1 Å². The van der Waals surface area contributed by atoms with Gasteiger partial charge in [-0.15, -0.1) is 0 Å². The van der Waals surface area contributed by atoms with E-state index in [-0.39, 0.29) is 56.5 Å². The summed E-state index contributed by atoms with van der Waals surface area (Å²) >= 11 is 0. The maximum Gasteiger partial charge on any atom is 0.311 e. The zero-order valence-corrected chi connectivity index (χ0v) is 38.0. The molecule has 4 aliphatic heterocycles. The standard InChI is InChI=1S/C47H67N3O12/c1-11-37-47(8)35(20-39(52)62-47)28(4)40(53)26(2)21-46(7)43(61-45-41(54)36(50(9)10)19-27(3)59-45)29(5)42(30(6)44(55)60-37)56-23-33(24-57-46)49-58-25-38(51)48-22-32-17-14-16-31-15-12-13-18-34(31)32/h12-18,26-30,35-37,41-43,45,54H,11,19-25H2,1-10H3,(H,48,51)/b49-33-/t26-,27-,28-,29+,30-,35+,36+,37-,41-,42+,43-,45+,46-,47+/m1/s1. The number of ketones is 1. The lowest BCUT2D eigenvalue weighted by Crippen LogP contribution is -2.60. The molecule has 4 heterocycles. The number of cyclic esters (lactones) is 1. The average Bonchev–Trinajstić information content (AvgIpc) is 3.57. The summed E-state index contributed by atoms with van der Waals surface area (Å²) in [5.41, 5.74) is -1.28. The predicted octanol–water partition coefficient (Wildman–Crippen LogP) is 4.97. The second-order valence-corrected chi connectivity index (χ2v) is 18.6. The number of aliphatic hydroxyl groups excluding tert-OH is 1. The Kier molecular flexibility index (Phi) is 15.2. The first-order chi connectivity index (χ1) is 29.4. The lowest BCUT2D eigenvalue weighted by Gasteiger charge is -2.48. The predicted molar refractivity (Wildman–Crippen MR) is 230 cm³/mol. The van der Waals surface area contributed by atoms with Crippen LogP contribution in [0.15, 0.2) is 47.6 Å². The monoisotopic (exact) mass is 865 g/mol. The normalized spacial score (nSPS) is 38.1. The molecule has 2 aromatic rings. The zero-order chi connectivity index (χ0) is 45.1. The van der Waals surface area contributed by atoms with Crippen molar-refractivity contribution < 1.29 is 57.5 Å². The maximum atomic E-state index is 14.6. The minimum absolute atomic E-state index is 0.00511. The maximum absolute atomic E-state index is 14.6. The van der Waals surface area contributed by atoms with Crippen LogP contribution >= 0.6 is 0 Å². The van der Waals surface area contributed by atoms with E-state index in [4.69, 9.17) is 33.3 Å². The number of carbonyl (C=O) groups is 4. The number of ether oxygens (including phenoxy) is 6. The van der Waals surface area contributed by atoms with Crippen molar-refractivity contribution >= 4 is 40.1 Å². The summed E-state index contributed by atoms with van der Waals surface area (Å²) < 4.78 is 38.9. The Morgan fingerprint density at radius 3 is 2.45 bits per heavy atom. The first kappa shape index (κ1) is 47.5. The molecule has 0 saturated carbocycles. The summed E-state index contributed by atoms with van der Waals surface area (Å²) in [6, 6.07) is 13.6. The van der Waals surface area contributed by atoms with Crippen LogP contribution < -0.4 is 5.32 Å². The number of Topliss-reactive ketones (excluding diaryl/α,β-unsaturated/α-hetero) is 1. The average molecular weight is 866 g/mol. The number of hydrogen-bond acceptors (Lipinski definition) is 14. The molecule has 0 aromatic heterocycles. The van der Waals surface area contributed by atoms with Gasteiger partial charge in [-0.1, -0.05) is 75.3 Å². The minimum atomic E-state index is -1.29. The number of nitrogens with one attached hydrogen (secondary N) is 1. The van der Waals surface area contributed by atoms with Gasteiger partial charge in [-0.25, -0.2) is 0 Å². The molecule has 2 N–H and O–H groups in total. The van der Waals surface area contributed by atoms with Crippen molar-refractivity contribution in [3.63, 3.8) is 0 Å². The van der Waals surface area contributed by atoms with Crippen molar-refractivity contribution in [3.8, 4) is 0 Å². The third-order valence-corrected chi connectivity index (χ3v) is 13.7. The third-order valence-electron chi connectivity index (χ3n) is 13.7. The Hall–Kier alpha value is -3.99. The lowest BCUT2D eigenvalue weighted by molar-refractivity contribution is -0.302. The van der Waals surface area contributed by atoms with Crippen molar-refractivity contribution in [3.05, 3.63) is 48.0 Å². The van der Waals surface area contributed by atoms with Crippen LogP contribution in [0.25, 0.3) is 10.8 Å². The van der Waals surface area contributed by atoms with Gasteiger partial charge in [0.15, 0.2) is 12.9 Å². The fourth-order valence-electron chi connectivity index (χ4n) is 10.3. The Bertz CT molecular complexity index is 1950. The molecular formula is C47H67N3O12. The number of likely N-dealkylation sites (N-methyl/N-ethyl adjacent to an activating group) is 1. The Balaban J connectivity index is 1.33. The molecular weight excluding hydrogens is 799 g/mol. The van der Waals surface area contributed by atoms with Crippen LogP contribution in [0.4, 0.5) is 0 Å². The molecule has 15 nitrogen and oxygen atoms in total. The van der Waals surface area contributed by atoms with Crippen molar-refractivity contribution in [2.75, 3.05) is 33.9 Å². The number of nitrogens with zero attached hydrogens (tertiary/aromatic N) is 2. The summed E-state index contributed by atoms with van der Waals surface area (Å²) in [5, 5.41) is 21.0. The van der Waals surface area contributed by atoms with Gasteiger partial charge in [-0.3, -0.25) is 19.2 Å². The molecule has 0 unspecified atom stereocenters. The molecule has 0 aliphatic carbocycles. The fourth-order valence-corrected chi connectivity index (χ4v) is 10.3. The second kappa shape index (κ2) is 19.8. The molecule has 15 heteroatoms. The van der Waals surface area contributed by atoms with E-state index in [1.807, 2.05) is 96.1 Å². The first-order valence-electron chi connectivity index (χ1n) is 22.1. The van der Waals surface area contributed by atoms with Crippen LogP contribution in [0, 0.1) is 29.6 Å². The van der Waals surface area contributed by atoms with Gasteiger partial charge >= 0.3 is 11.9 Å². The Morgan fingerprint density at radius 1 is 1.00 bits per heavy atom. The van der Waals surface area contributed by atoms with Crippen LogP contribution in [-0.4, -0.2) is 127 Å². The van der Waals surface area contributed by atoms with E-state index in [9.17, 15) is 24.3 Å². The molecule has 0 radical (unpaired) electrons. The molecule has 1 amide bonds. The third kappa shape index (κ3) is 10.2. The van der Waals surface area contributed by atoms with Gasteiger partial charge in [0.1, 0.15) is 29.3 Å². The van der Waals surface area contributed by atoms with E-state index < -0.39 is 83.4 Å². The van der Waals surface area contributed by atoms with Crippen LogP contribution in [0.1, 0.15) is 86.6 Å². The molecule has 2 aromatic carbocycles. The van der Waals surface area contributed by atoms with E-state index in [1.165, 1.54) is 0 Å². The second-order valence-electron chi connectivity index (χ2n) is 18.6. The number of benzene rings is 2. The number of amides is 1. The van der Waals surface area contributed by atoms with Crippen molar-refractivity contribution in [2.45, 2.75) is 142 Å². The number of esters is 2. The van der Waals surface area contributed by atoms with Crippen LogP contribution in [0.5, 0.6) is 0 Å². The number of hydrogen-bond donors (Lipinski definition) is 2. The molecule has 0 spiro atoms. The topological polar surface area (TPSA) is 181 Å². The molecule has 4 saturated heterocycles. The van der Waals surface area contributed by atoms with Crippen LogP contribution in [-0.2, 0) is 59.0 Å². The first-order valence-corrected chi connectivity index (χ1v) is 22.1. The summed E-state index contributed by atoms with van der Waals surface area (Å²) in [6.07, 6.45) is -4.00. The van der Waals surface area contributed by atoms with Gasteiger partial charge in [0.25, 0.3) is 5.91 Å².